The molecule has 0 amide bonds. The molecule has 0 bridgehead atoms. The topological polar surface area (TPSA) is 75.2 Å². The normalized spacial score (nSPS) is 12.2. The molecule has 1 unspecified atom stereocenters. The summed E-state index contributed by atoms with van der Waals surface area (Å²) in [5.41, 5.74) is 7.97. The molecule has 0 spiro atoms. The van der Waals surface area contributed by atoms with Gasteiger partial charge in [-0.3, -0.25) is 4.68 Å². The first kappa shape index (κ1) is 13.4. The van der Waals surface area contributed by atoms with Gasteiger partial charge in [0.25, 0.3) is 0 Å². The zero-order valence-electron chi connectivity index (χ0n) is 11.3. The number of hydrogen-bond donors (Lipinski definition) is 1. The predicted octanol–water partition coefficient (Wildman–Crippen LogP) is 1.07. The fraction of sp³-hybridized carbons (Fsp3) is 0.385. The summed E-state index contributed by atoms with van der Waals surface area (Å²) in [5.74, 6) is 1.34. The third kappa shape index (κ3) is 2.85. The van der Waals surface area contributed by atoms with E-state index in [1.54, 1.807) is 18.9 Å². The van der Waals surface area contributed by atoms with Crippen molar-refractivity contribution < 1.29 is 9.47 Å². The SMILES string of the molecule is COc1cccc(C(N)Cc2cn(C)nn2)c1OC. The van der Waals surface area contributed by atoms with Crippen LogP contribution in [0.3, 0.4) is 0 Å². The van der Waals surface area contributed by atoms with Crippen LogP contribution in [0.1, 0.15) is 17.3 Å². The minimum absolute atomic E-state index is 0.221. The molecule has 6 heteroatoms. The zero-order valence-corrected chi connectivity index (χ0v) is 11.3. The minimum Gasteiger partial charge on any atom is -0.493 e. The number of ether oxygens (including phenoxy) is 2. The van der Waals surface area contributed by atoms with Crippen molar-refractivity contribution in [3.63, 3.8) is 0 Å². The van der Waals surface area contributed by atoms with Gasteiger partial charge in [0, 0.05) is 31.3 Å². The molecule has 1 heterocycles. The van der Waals surface area contributed by atoms with Crippen molar-refractivity contribution in [2.45, 2.75) is 12.5 Å². The molecule has 0 radical (unpaired) electrons. The first-order chi connectivity index (χ1) is 9.15. The Morgan fingerprint density at radius 1 is 1.32 bits per heavy atom. The molecule has 2 rings (SSSR count). The van der Waals surface area contributed by atoms with Gasteiger partial charge in [0.15, 0.2) is 11.5 Å². The predicted molar refractivity (Wildman–Crippen MR) is 71.2 cm³/mol. The van der Waals surface area contributed by atoms with Gasteiger partial charge in [-0.05, 0) is 6.07 Å². The maximum atomic E-state index is 6.22. The first-order valence-corrected chi connectivity index (χ1v) is 5.97. The van der Waals surface area contributed by atoms with Crippen molar-refractivity contribution in [2.75, 3.05) is 14.2 Å². The van der Waals surface area contributed by atoms with Gasteiger partial charge < -0.3 is 15.2 Å². The summed E-state index contributed by atoms with van der Waals surface area (Å²) in [6.45, 7) is 0. The molecule has 0 aliphatic rings. The summed E-state index contributed by atoms with van der Waals surface area (Å²) in [5, 5.41) is 7.94. The Morgan fingerprint density at radius 2 is 2.11 bits per heavy atom. The van der Waals surface area contributed by atoms with Crippen LogP contribution < -0.4 is 15.2 Å². The number of aromatic nitrogens is 3. The smallest absolute Gasteiger partial charge is 0.165 e. The Morgan fingerprint density at radius 3 is 2.68 bits per heavy atom. The zero-order chi connectivity index (χ0) is 13.8. The summed E-state index contributed by atoms with van der Waals surface area (Å²) in [6.07, 6.45) is 2.45. The van der Waals surface area contributed by atoms with E-state index in [-0.39, 0.29) is 6.04 Å². The molecule has 2 aromatic rings. The lowest BCUT2D eigenvalue weighted by Gasteiger charge is -2.16. The fourth-order valence-corrected chi connectivity index (χ4v) is 2.03. The molecule has 0 aliphatic heterocycles. The third-order valence-electron chi connectivity index (χ3n) is 2.91. The Labute approximate surface area is 112 Å². The van der Waals surface area contributed by atoms with Crippen molar-refractivity contribution >= 4 is 0 Å². The molecule has 0 aliphatic carbocycles. The maximum absolute atomic E-state index is 6.22. The van der Waals surface area contributed by atoms with Crippen LogP contribution in [0.25, 0.3) is 0 Å². The van der Waals surface area contributed by atoms with Crippen LogP contribution in [0.5, 0.6) is 11.5 Å². The highest BCUT2D eigenvalue weighted by atomic mass is 16.5. The molecule has 1 aromatic carbocycles. The van der Waals surface area contributed by atoms with Gasteiger partial charge in [-0.1, -0.05) is 17.3 Å². The second-order valence-electron chi connectivity index (χ2n) is 4.28. The van der Waals surface area contributed by atoms with Gasteiger partial charge in [-0.15, -0.1) is 5.10 Å². The Bertz CT molecular complexity index is 553. The minimum atomic E-state index is -0.221. The molecular weight excluding hydrogens is 244 g/mol. The molecule has 0 fully saturated rings. The Hall–Kier alpha value is -2.08. The van der Waals surface area contributed by atoms with Crippen molar-refractivity contribution in [1.29, 1.82) is 0 Å². The number of nitrogens with zero attached hydrogens (tertiary/aromatic N) is 3. The summed E-state index contributed by atoms with van der Waals surface area (Å²) < 4.78 is 12.3. The van der Waals surface area contributed by atoms with Crippen LogP contribution >= 0.6 is 0 Å². The molecule has 2 N–H and O–H groups in total. The molecule has 0 saturated heterocycles. The molecule has 19 heavy (non-hydrogen) atoms. The summed E-state index contributed by atoms with van der Waals surface area (Å²) in [4.78, 5) is 0. The lowest BCUT2D eigenvalue weighted by molar-refractivity contribution is 0.349. The van der Waals surface area contributed by atoms with Gasteiger partial charge in [0.2, 0.25) is 0 Å². The highest BCUT2D eigenvalue weighted by Crippen LogP contribution is 2.34. The molecule has 1 atom stereocenters. The van der Waals surface area contributed by atoms with Crippen LogP contribution in [-0.4, -0.2) is 29.2 Å². The average Bonchev–Trinajstić information content (AvgIpc) is 2.82. The van der Waals surface area contributed by atoms with E-state index in [0.29, 0.717) is 17.9 Å². The van der Waals surface area contributed by atoms with Crippen molar-refractivity contribution in [3.8, 4) is 11.5 Å². The first-order valence-electron chi connectivity index (χ1n) is 5.97. The maximum Gasteiger partial charge on any atom is 0.165 e. The number of nitrogens with two attached hydrogens (primary N) is 1. The van der Waals surface area contributed by atoms with Crippen molar-refractivity contribution in [2.24, 2.45) is 12.8 Å². The van der Waals surface area contributed by atoms with Crippen LogP contribution in [0, 0.1) is 0 Å². The van der Waals surface area contributed by atoms with Crippen LogP contribution in [0.2, 0.25) is 0 Å². The van der Waals surface area contributed by atoms with Crippen LogP contribution in [-0.2, 0) is 13.5 Å². The summed E-state index contributed by atoms with van der Waals surface area (Å²) in [7, 11) is 5.04. The molecule has 102 valence electrons. The average molecular weight is 262 g/mol. The second-order valence-corrected chi connectivity index (χ2v) is 4.28. The van der Waals surface area contributed by atoms with Crippen LogP contribution in [0.15, 0.2) is 24.4 Å². The Balaban J connectivity index is 2.25. The van der Waals surface area contributed by atoms with Gasteiger partial charge in [-0.25, -0.2) is 0 Å². The van der Waals surface area contributed by atoms with E-state index in [2.05, 4.69) is 10.3 Å². The highest BCUT2D eigenvalue weighted by Gasteiger charge is 2.17. The molecule has 0 saturated carbocycles. The number of para-hydroxylation sites is 1. The van der Waals surface area contributed by atoms with E-state index in [0.717, 1.165) is 11.3 Å². The van der Waals surface area contributed by atoms with E-state index in [1.807, 2.05) is 31.4 Å². The number of methoxy groups -OCH3 is 2. The Kier molecular flexibility index (Phi) is 4.01. The fourth-order valence-electron chi connectivity index (χ4n) is 2.03. The van der Waals surface area contributed by atoms with E-state index < -0.39 is 0 Å². The monoisotopic (exact) mass is 262 g/mol. The molecule has 1 aromatic heterocycles. The summed E-state index contributed by atoms with van der Waals surface area (Å²) in [6, 6.07) is 5.45. The van der Waals surface area contributed by atoms with E-state index in [4.69, 9.17) is 15.2 Å². The van der Waals surface area contributed by atoms with Crippen molar-refractivity contribution in [1.82, 2.24) is 15.0 Å². The number of rotatable bonds is 5. The molecule has 6 nitrogen and oxygen atoms in total. The van der Waals surface area contributed by atoms with E-state index in [9.17, 15) is 0 Å². The third-order valence-corrected chi connectivity index (χ3v) is 2.91. The van der Waals surface area contributed by atoms with Crippen molar-refractivity contribution in [3.05, 3.63) is 35.7 Å². The molecular formula is C13H18N4O2. The van der Waals surface area contributed by atoms with Gasteiger partial charge in [-0.2, -0.15) is 0 Å². The second kappa shape index (κ2) is 5.71. The standard InChI is InChI=1S/C13H18N4O2/c1-17-8-9(15-16-17)7-11(14)10-5-4-6-12(18-2)13(10)19-3/h4-6,8,11H,7,14H2,1-3H3. The quantitative estimate of drug-likeness (QED) is 0.872. The van der Waals surface area contributed by atoms with Gasteiger partial charge >= 0.3 is 0 Å². The lowest BCUT2D eigenvalue weighted by Crippen LogP contribution is -2.15. The van der Waals surface area contributed by atoms with E-state index in [1.165, 1.54) is 0 Å². The van der Waals surface area contributed by atoms with Gasteiger partial charge in [0.05, 0.1) is 19.9 Å². The number of aryl methyl sites for hydroxylation is 1. The number of benzene rings is 1. The van der Waals surface area contributed by atoms with Crippen LogP contribution in [0.4, 0.5) is 0 Å². The highest BCUT2D eigenvalue weighted by molar-refractivity contribution is 5.48. The largest absolute Gasteiger partial charge is 0.493 e. The lowest BCUT2D eigenvalue weighted by atomic mass is 10.0. The summed E-state index contributed by atoms with van der Waals surface area (Å²) >= 11 is 0. The number of hydrogen-bond acceptors (Lipinski definition) is 5. The van der Waals surface area contributed by atoms with E-state index >= 15 is 0 Å². The van der Waals surface area contributed by atoms with Gasteiger partial charge in [0.1, 0.15) is 0 Å².